The van der Waals surface area contributed by atoms with E-state index in [9.17, 15) is 5.11 Å². The average Bonchev–Trinajstić information content (AvgIpc) is 2.91. The number of para-hydroxylation sites is 3. The zero-order valence-corrected chi connectivity index (χ0v) is 15.9. The maximum Gasteiger partial charge on any atom is 0.138 e. The molecule has 4 nitrogen and oxygen atoms in total. The van der Waals surface area contributed by atoms with Crippen LogP contribution in [0, 0.1) is 0 Å². The lowest BCUT2D eigenvalue weighted by atomic mass is 9.85. The van der Waals surface area contributed by atoms with Gasteiger partial charge in [0.25, 0.3) is 0 Å². The number of aromatic nitrogens is 2. The lowest BCUT2D eigenvalue weighted by Gasteiger charge is -2.26. The van der Waals surface area contributed by atoms with Crippen LogP contribution in [0.15, 0.2) is 48.5 Å². The predicted octanol–water partition coefficient (Wildman–Crippen LogP) is 4.82. The predicted molar refractivity (Wildman–Crippen MR) is 107 cm³/mol. The Morgan fingerprint density at radius 1 is 1.15 bits per heavy atom. The highest BCUT2D eigenvalue weighted by atomic mass is 35.5. The van der Waals surface area contributed by atoms with Gasteiger partial charge in [-0.3, -0.25) is 0 Å². The van der Waals surface area contributed by atoms with Crippen molar-refractivity contribution in [1.82, 2.24) is 9.55 Å². The van der Waals surface area contributed by atoms with Crippen LogP contribution in [-0.4, -0.2) is 27.4 Å². The Labute approximate surface area is 164 Å². The molecule has 1 heterocycles. The van der Waals surface area contributed by atoms with E-state index in [2.05, 4.69) is 10.6 Å². The summed E-state index contributed by atoms with van der Waals surface area (Å²) in [6.45, 7) is 0.664. The molecule has 0 amide bonds. The van der Waals surface area contributed by atoms with Crippen LogP contribution in [0.5, 0.6) is 5.75 Å². The number of ether oxygens (including phenoxy) is 1. The molecule has 0 spiro atoms. The van der Waals surface area contributed by atoms with Crippen molar-refractivity contribution in [3.8, 4) is 5.75 Å². The Morgan fingerprint density at radius 2 is 1.88 bits per heavy atom. The van der Waals surface area contributed by atoms with E-state index in [0.29, 0.717) is 23.2 Å². The number of hydrogen-bond acceptors (Lipinski definition) is 3. The van der Waals surface area contributed by atoms with Crippen molar-refractivity contribution < 1.29 is 9.84 Å². The van der Waals surface area contributed by atoms with Gasteiger partial charge in [-0.25, -0.2) is 4.98 Å². The van der Waals surface area contributed by atoms with E-state index in [-0.39, 0.29) is 19.0 Å². The van der Waals surface area contributed by atoms with E-state index in [0.717, 1.165) is 16.9 Å². The van der Waals surface area contributed by atoms with Crippen molar-refractivity contribution in [2.24, 2.45) is 0 Å². The highest BCUT2D eigenvalue weighted by Crippen LogP contribution is 2.37. The summed E-state index contributed by atoms with van der Waals surface area (Å²) in [5, 5.41) is 11.1. The summed E-state index contributed by atoms with van der Waals surface area (Å²) in [5.41, 5.74) is 2.06. The zero-order chi connectivity index (χ0) is 17.2. The zero-order valence-electron chi connectivity index (χ0n) is 14.3. The number of aliphatic hydroxyl groups excluding tert-OH is 1. The van der Waals surface area contributed by atoms with Crippen LogP contribution in [0.2, 0.25) is 5.02 Å². The van der Waals surface area contributed by atoms with Gasteiger partial charge >= 0.3 is 0 Å². The third kappa shape index (κ3) is 3.83. The summed E-state index contributed by atoms with van der Waals surface area (Å²) < 4.78 is 7.84. The molecule has 1 aromatic heterocycles. The van der Waals surface area contributed by atoms with Gasteiger partial charge < -0.3 is 14.4 Å². The first-order valence-electron chi connectivity index (χ1n) is 8.73. The highest BCUT2D eigenvalue weighted by molar-refractivity contribution is 6.32. The number of imidazole rings is 1. The molecule has 3 aromatic rings. The van der Waals surface area contributed by atoms with Crippen LogP contribution < -0.4 is 4.74 Å². The van der Waals surface area contributed by atoms with Crippen LogP contribution in [-0.2, 0) is 6.54 Å². The molecule has 0 saturated heterocycles. The summed E-state index contributed by atoms with van der Waals surface area (Å²) in [6.07, 6.45) is 2.98. The molecule has 4 rings (SSSR count). The number of halogens is 2. The number of fused-ring (bicyclic) bond motifs is 1. The van der Waals surface area contributed by atoms with Crippen LogP contribution in [0.1, 0.15) is 31.0 Å². The molecule has 2 aromatic carbocycles. The number of aliphatic hydroxyl groups is 1. The normalized spacial score (nSPS) is 15.3. The lowest BCUT2D eigenvalue weighted by Crippen LogP contribution is -2.26. The first-order valence-corrected chi connectivity index (χ1v) is 9.10. The second kappa shape index (κ2) is 8.30. The van der Waals surface area contributed by atoms with E-state index in [1.807, 2.05) is 36.4 Å². The van der Waals surface area contributed by atoms with Gasteiger partial charge in [-0.05, 0) is 37.1 Å². The standard InChI is InChI=1S/C20H21ClN2O2.ClH/c21-16-8-1-4-11-19(16)25-13-15(24)12-23-18-10-3-2-9-17(18)22-20(23)14-6-5-7-14;/h1-4,8-11,14-15,24H,5-7,12-13H2;1H. The molecular weight excluding hydrogens is 371 g/mol. The fraction of sp³-hybridized carbons (Fsp3) is 0.350. The minimum Gasteiger partial charge on any atom is -0.489 e. The Bertz CT molecular complexity index is 877. The SMILES string of the molecule is Cl.OC(COc1ccccc1Cl)Cn1c(C2CCC2)nc2ccccc21. The fourth-order valence-corrected chi connectivity index (χ4v) is 3.47. The molecule has 0 aliphatic heterocycles. The van der Waals surface area contributed by atoms with Crippen LogP contribution in [0.3, 0.4) is 0 Å². The Balaban J connectivity index is 0.00000196. The summed E-state index contributed by atoms with van der Waals surface area (Å²) >= 11 is 6.10. The van der Waals surface area contributed by atoms with Crippen molar-refractivity contribution in [1.29, 1.82) is 0 Å². The first-order chi connectivity index (χ1) is 12.2. The van der Waals surface area contributed by atoms with Gasteiger partial charge in [-0.2, -0.15) is 0 Å². The van der Waals surface area contributed by atoms with Crippen LogP contribution in [0.25, 0.3) is 11.0 Å². The van der Waals surface area contributed by atoms with Gasteiger partial charge in [-0.1, -0.05) is 42.3 Å². The summed E-state index contributed by atoms with van der Waals surface area (Å²) in [6, 6.07) is 15.4. The molecule has 1 saturated carbocycles. The molecule has 6 heteroatoms. The molecule has 1 fully saturated rings. The van der Waals surface area contributed by atoms with Crippen LogP contribution in [0.4, 0.5) is 0 Å². The third-order valence-corrected chi connectivity index (χ3v) is 5.13. The number of benzene rings is 2. The van der Waals surface area contributed by atoms with Crippen molar-refractivity contribution >= 4 is 35.0 Å². The average molecular weight is 393 g/mol. The van der Waals surface area contributed by atoms with E-state index in [4.69, 9.17) is 21.3 Å². The van der Waals surface area contributed by atoms with Gasteiger partial charge in [0, 0.05) is 5.92 Å². The summed E-state index contributed by atoms with van der Waals surface area (Å²) in [5.74, 6) is 2.19. The van der Waals surface area contributed by atoms with Crippen LogP contribution >= 0.6 is 24.0 Å². The van der Waals surface area contributed by atoms with Gasteiger partial charge in [0.2, 0.25) is 0 Å². The van der Waals surface area contributed by atoms with E-state index in [1.54, 1.807) is 6.07 Å². The highest BCUT2D eigenvalue weighted by Gasteiger charge is 2.26. The van der Waals surface area contributed by atoms with Gasteiger partial charge in [0.1, 0.15) is 24.3 Å². The van der Waals surface area contributed by atoms with E-state index in [1.165, 1.54) is 19.3 Å². The maximum absolute atomic E-state index is 10.5. The fourth-order valence-electron chi connectivity index (χ4n) is 3.28. The number of hydrogen-bond donors (Lipinski definition) is 1. The third-order valence-electron chi connectivity index (χ3n) is 4.82. The smallest absolute Gasteiger partial charge is 0.138 e. The largest absolute Gasteiger partial charge is 0.489 e. The Morgan fingerprint density at radius 3 is 2.62 bits per heavy atom. The molecular formula is C20H22Cl2N2O2. The molecule has 1 unspecified atom stereocenters. The molecule has 1 aliphatic carbocycles. The monoisotopic (exact) mass is 392 g/mol. The molecule has 1 N–H and O–H groups in total. The van der Waals surface area contributed by atoms with Crippen molar-refractivity contribution in [2.45, 2.75) is 37.8 Å². The molecule has 1 aliphatic rings. The van der Waals surface area contributed by atoms with Gasteiger partial charge in [0.05, 0.1) is 22.6 Å². The van der Waals surface area contributed by atoms with Crippen molar-refractivity contribution in [3.05, 3.63) is 59.4 Å². The molecule has 1 atom stereocenters. The maximum atomic E-state index is 10.5. The van der Waals surface area contributed by atoms with E-state index < -0.39 is 6.10 Å². The number of nitrogens with zero attached hydrogens (tertiary/aromatic N) is 2. The Hall–Kier alpha value is -1.75. The van der Waals surface area contributed by atoms with Crippen molar-refractivity contribution in [2.75, 3.05) is 6.61 Å². The minimum absolute atomic E-state index is 0. The van der Waals surface area contributed by atoms with Crippen molar-refractivity contribution in [3.63, 3.8) is 0 Å². The summed E-state index contributed by atoms with van der Waals surface area (Å²) in [4.78, 5) is 4.81. The lowest BCUT2D eigenvalue weighted by molar-refractivity contribution is 0.0920. The second-order valence-corrected chi connectivity index (χ2v) is 7.00. The second-order valence-electron chi connectivity index (χ2n) is 6.59. The first kappa shape index (κ1) is 19.0. The molecule has 0 bridgehead atoms. The molecule has 26 heavy (non-hydrogen) atoms. The van der Waals surface area contributed by atoms with Gasteiger partial charge in [0.15, 0.2) is 0 Å². The molecule has 0 radical (unpaired) electrons. The molecule has 138 valence electrons. The summed E-state index contributed by atoms with van der Waals surface area (Å²) in [7, 11) is 0. The topological polar surface area (TPSA) is 47.3 Å². The van der Waals surface area contributed by atoms with E-state index >= 15 is 0 Å². The minimum atomic E-state index is -0.632. The van der Waals surface area contributed by atoms with Gasteiger partial charge in [-0.15, -0.1) is 12.4 Å². The Kier molecular flexibility index (Phi) is 6.07. The quantitative estimate of drug-likeness (QED) is 0.653. The number of rotatable bonds is 6.